The van der Waals surface area contributed by atoms with Gasteiger partial charge in [-0.25, -0.2) is 4.79 Å². The maximum absolute atomic E-state index is 12.2. The van der Waals surface area contributed by atoms with Gasteiger partial charge in [0.05, 0.1) is 11.7 Å². The van der Waals surface area contributed by atoms with Crippen molar-refractivity contribution in [2.24, 2.45) is 0 Å². The Morgan fingerprint density at radius 1 is 1.44 bits per heavy atom. The van der Waals surface area contributed by atoms with E-state index < -0.39 is 5.60 Å². The average molecular weight is 245 g/mol. The first-order valence-electron chi connectivity index (χ1n) is 6.15. The second kappa shape index (κ2) is 4.48. The van der Waals surface area contributed by atoms with Gasteiger partial charge in [-0.15, -0.1) is 6.58 Å². The molecule has 2 rings (SSSR count). The van der Waals surface area contributed by atoms with Crippen LogP contribution in [0.3, 0.4) is 0 Å². The van der Waals surface area contributed by atoms with Gasteiger partial charge in [0.1, 0.15) is 5.60 Å². The van der Waals surface area contributed by atoms with E-state index >= 15 is 0 Å². The van der Waals surface area contributed by atoms with Crippen molar-refractivity contribution in [1.29, 1.82) is 0 Å². The van der Waals surface area contributed by atoms with Crippen molar-refractivity contribution in [1.82, 2.24) is 0 Å². The van der Waals surface area contributed by atoms with Crippen LogP contribution >= 0.6 is 0 Å². The van der Waals surface area contributed by atoms with Crippen LogP contribution < -0.4 is 4.90 Å². The SMILES string of the molecule is C=CC1Cc2ccccc2N1C(=O)OC(C)(C)C. The molecule has 1 heterocycles. The maximum Gasteiger partial charge on any atom is 0.415 e. The fraction of sp³-hybridized carbons (Fsp3) is 0.400. The normalized spacial score (nSPS) is 18.4. The van der Waals surface area contributed by atoms with E-state index in [1.807, 2.05) is 45.0 Å². The third-order valence-electron chi connectivity index (χ3n) is 2.87. The molecule has 0 radical (unpaired) electrons. The van der Waals surface area contributed by atoms with E-state index in [0.717, 1.165) is 17.7 Å². The monoisotopic (exact) mass is 245 g/mol. The molecular weight excluding hydrogens is 226 g/mol. The molecular formula is C15H19NO2. The van der Waals surface area contributed by atoms with Crippen molar-refractivity contribution in [3.63, 3.8) is 0 Å². The molecule has 0 aromatic heterocycles. The first kappa shape index (κ1) is 12.7. The second-order valence-electron chi connectivity index (χ2n) is 5.49. The molecule has 1 aliphatic heterocycles. The fourth-order valence-corrected chi connectivity index (χ4v) is 2.15. The lowest BCUT2D eigenvalue weighted by Gasteiger charge is -2.27. The predicted octanol–water partition coefficient (Wildman–Crippen LogP) is 3.54. The molecule has 96 valence electrons. The van der Waals surface area contributed by atoms with Crippen molar-refractivity contribution in [3.8, 4) is 0 Å². The number of amides is 1. The number of carbonyl (C=O) groups is 1. The lowest BCUT2D eigenvalue weighted by atomic mass is 10.1. The number of nitrogens with zero attached hydrogens (tertiary/aromatic N) is 1. The summed E-state index contributed by atoms with van der Waals surface area (Å²) in [6.07, 6.45) is 2.29. The lowest BCUT2D eigenvalue weighted by Crippen LogP contribution is -2.40. The minimum atomic E-state index is -0.486. The molecule has 18 heavy (non-hydrogen) atoms. The number of hydrogen-bond acceptors (Lipinski definition) is 2. The number of rotatable bonds is 1. The Bertz CT molecular complexity index is 474. The van der Waals surface area contributed by atoms with Crippen molar-refractivity contribution in [2.75, 3.05) is 4.90 Å². The van der Waals surface area contributed by atoms with E-state index in [0.29, 0.717) is 0 Å². The number of hydrogen-bond donors (Lipinski definition) is 0. The van der Waals surface area contributed by atoms with Crippen LogP contribution in [0.1, 0.15) is 26.3 Å². The summed E-state index contributed by atoms with van der Waals surface area (Å²) in [4.78, 5) is 13.9. The summed E-state index contributed by atoms with van der Waals surface area (Å²) in [6.45, 7) is 9.42. The summed E-state index contributed by atoms with van der Waals surface area (Å²) in [5.74, 6) is 0. The van der Waals surface area contributed by atoms with Gasteiger partial charge in [0.15, 0.2) is 0 Å². The van der Waals surface area contributed by atoms with Crippen LogP contribution in [0.15, 0.2) is 36.9 Å². The molecule has 1 unspecified atom stereocenters. The second-order valence-corrected chi connectivity index (χ2v) is 5.49. The van der Waals surface area contributed by atoms with Crippen molar-refractivity contribution >= 4 is 11.8 Å². The average Bonchev–Trinajstić information content (AvgIpc) is 2.64. The van der Waals surface area contributed by atoms with Gasteiger partial charge >= 0.3 is 6.09 Å². The standard InChI is InChI=1S/C15H19NO2/c1-5-12-10-11-8-6-7-9-13(11)16(12)14(17)18-15(2,3)4/h5-9,12H,1,10H2,2-4H3. The van der Waals surface area contributed by atoms with Crippen molar-refractivity contribution in [3.05, 3.63) is 42.5 Å². The number of anilines is 1. The Morgan fingerprint density at radius 2 is 2.11 bits per heavy atom. The molecule has 0 spiro atoms. The van der Waals surface area contributed by atoms with Crippen LogP contribution in [-0.4, -0.2) is 17.7 Å². The summed E-state index contributed by atoms with van der Waals surface area (Å²) in [7, 11) is 0. The Hall–Kier alpha value is -1.77. The highest BCUT2D eigenvalue weighted by molar-refractivity contribution is 5.91. The molecule has 1 atom stereocenters. The molecule has 0 saturated heterocycles. The maximum atomic E-state index is 12.2. The molecule has 1 aliphatic rings. The van der Waals surface area contributed by atoms with Gasteiger partial charge in [-0.2, -0.15) is 0 Å². The topological polar surface area (TPSA) is 29.5 Å². The molecule has 3 heteroatoms. The van der Waals surface area contributed by atoms with E-state index in [1.165, 1.54) is 0 Å². The van der Waals surface area contributed by atoms with E-state index in [9.17, 15) is 4.79 Å². The van der Waals surface area contributed by atoms with Crippen LogP contribution in [0.4, 0.5) is 10.5 Å². The quantitative estimate of drug-likeness (QED) is 0.708. The number of fused-ring (bicyclic) bond motifs is 1. The van der Waals surface area contributed by atoms with Gasteiger partial charge in [-0.05, 0) is 38.8 Å². The van der Waals surface area contributed by atoms with Crippen LogP contribution in [0.5, 0.6) is 0 Å². The van der Waals surface area contributed by atoms with Gasteiger partial charge in [0, 0.05) is 0 Å². The zero-order valence-electron chi connectivity index (χ0n) is 11.1. The Labute approximate surface area is 108 Å². The molecule has 0 aliphatic carbocycles. The van der Waals surface area contributed by atoms with E-state index in [-0.39, 0.29) is 12.1 Å². The summed E-state index contributed by atoms with van der Waals surface area (Å²) in [5.41, 5.74) is 1.60. The lowest BCUT2D eigenvalue weighted by molar-refractivity contribution is 0.0576. The molecule has 0 N–H and O–H groups in total. The first-order chi connectivity index (χ1) is 8.42. The third-order valence-corrected chi connectivity index (χ3v) is 2.87. The van der Waals surface area contributed by atoms with Crippen LogP contribution in [0, 0.1) is 0 Å². The smallest absolute Gasteiger partial charge is 0.415 e. The highest BCUT2D eigenvalue weighted by Crippen LogP contribution is 2.33. The van der Waals surface area contributed by atoms with Crippen LogP contribution in [-0.2, 0) is 11.2 Å². The number of para-hydroxylation sites is 1. The van der Waals surface area contributed by atoms with Gasteiger partial charge < -0.3 is 4.74 Å². The first-order valence-corrected chi connectivity index (χ1v) is 6.15. The van der Waals surface area contributed by atoms with Gasteiger partial charge in [0.2, 0.25) is 0 Å². The molecule has 0 fully saturated rings. The molecule has 1 aromatic carbocycles. The zero-order valence-corrected chi connectivity index (χ0v) is 11.1. The number of carbonyl (C=O) groups excluding carboxylic acids is 1. The highest BCUT2D eigenvalue weighted by Gasteiger charge is 2.34. The summed E-state index contributed by atoms with van der Waals surface area (Å²) < 4.78 is 5.45. The van der Waals surface area contributed by atoms with Crippen LogP contribution in [0.25, 0.3) is 0 Å². The van der Waals surface area contributed by atoms with E-state index in [1.54, 1.807) is 11.0 Å². The zero-order chi connectivity index (χ0) is 13.3. The van der Waals surface area contributed by atoms with Gasteiger partial charge in [-0.1, -0.05) is 24.3 Å². The third kappa shape index (κ3) is 2.40. The van der Waals surface area contributed by atoms with Crippen molar-refractivity contribution < 1.29 is 9.53 Å². The predicted molar refractivity (Wildman–Crippen MR) is 72.8 cm³/mol. The summed E-state index contributed by atoms with van der Waals surface area (Å²) in [6, 6.07) is 7.88. The summed E-state index contributed by atoms with van der Waals surface area (Å²) >= 11 is 0. The molecule has 0 bridgehead atoms. The van der Waals surface area contributed by atoms with Gasteiger partial charge in [0.25, 0.3) is 0 Å². The Kier molecular flexibility index (Phi) is 3.16. The van der Waals surface area contributed by atoms with Gasteiger partial charge in [-0.3, -0.25) is 4.90 Å². The molecule has 1 aromatic rings. The number of ether oxygens (including phenoxy) is 1. The van der Waals surface area contributed by atoms with Crippen molar-refractivity contribution in [2.45, 2.75) is 38.8 Å². The molecule has 1 amide bonds. The molecule has 3 nitrogen and oxygen atoms in total. The van der Waals surface area contributed by atoms with E-state index in [4.69, 9.17) is 4.74 Å². The fourth-order valence-electron chi connectivity index (χ4n) is 2.15. The minimum absolute atomic E-state index is 0.0164. The Morgan fingerprint density at radius 3 is 2.72 bits per heavy atom. The number of benzene rings is 1. The molecule has 0 saturated carbocycles. The Balaban J connectivity index is 2.30. The van der Waals surface area contributed by atoms with Crippen LogP contribution in [0.2, 0.25) is 0 Å². The minimum Gasteiger partial charge on any atom is -0.443 e. The van der Waals surface area contributed by atoms with E-state index in [2.05, 4.69) is 6.58 Å². The largest absolute Gasteiger partial charge is 0.443 e. The highest BCUT2D eigenvalue weighted by atomic mass is 16.6. The summed E-state index contributed by atoms with van der Waals surface area (Å²) in [5, 5.41) is 0.